The summed E-state index contributed by atoms with van der Waals surface area (Å²) in [7, 11) is 0. The van der Waals surface area contributed by atoms with E-state index in [0.29, 0.717) is 5.91 Å². The van der Waals surface area contributed by atoms with E-state index in [2.05, 4.69) is 22.9 Å². The summed E-state index contributed by atoms with van der Waals surface area (Å²) in [6.07, 6.45) is 10.0. The number of benzene rings is 1. The summed E-state index contributed by atoms with van der Waals surface area (Å²) in [6.45, 7) is 5.01. The third-order valence-corrected chi connectivity index (χ3v) is 7.39. The van der Waals surface area contributed by atoms with Crippen molar-refractivity contribution in [3.63, 3.8) is 0 Å². The molecule has 1 amide bonds. The maximum absolute atomic E-state index is 13.1. The molecule has 3 nitrogen and oxygen atoms in total. The molecule has 1 aromatic carbocycles. The second-order valence-electron chi connectivity index (χ2n) is 8.18. The van der Waals surface area contributed by atoms with E-state index in [1.165, 1.54) is 32.1 Å². The number of rotatable bonds is 7. The molecule has 1 aromatic rings. The number of ketones is 1. The lowest BCUT2D eigenvalue weighted by Crippen LogP contribution is -2.36. The Labute approximate surface area is 172 Å². The molecule has 4 heteroatoms. The van der Waals surface area contributed by atoms with E-state index in [0.717, 1.165) is 55.0 Å². The fourth-order valence-electron chi connectivity index (χ4n) is 4.56. The number of hydrogen-bond donors (Lipinski definition) is 0. The number of anilines is 1. The quantitative estimate of drug-likeness (QED) is 0.394. The Balaban J connectivity index is 1.64. The van der Waals surface area contributed by atoms with Crippen LogP contribution in [0.5, 0.6) is 0 Å². The molecule has 0 aromatic heterocycles. The van der Waals surface area contributed by atoms with Crippen LogP contribution in [-0.2, 0) is 11.2 Å². The zero-order chi connectivity index (χ0) is 19.4. The molecule has 27 heavy (non-hydrogen) atoms. The Kier molecular flexibility index (Phi) is 7.13. The highest BCUT2D eigenvalue weighted by Gasteiger charge is 2.33. The van der Waals surface area contributed by atoms with Crippen molar-refractivity contribution >= 4 is 33.3 Å². The molecule has 1 saturated carbocycles. The van der Waals surface area contributed by atoms with E-state index in [9.17, 15) is 9.59 Å². The summed E-state index contributed by atoms with van der Waals surface area (Å²) in [5, 5.41) is 0. The molecule has 148 valence electrons. The molecular formula is C23H32BrNO2. The highest BCUT2D eigenvalue weighted by atomic mass is 79.9. The van der Waals surface area contributed by atoms with E-state index < -0.39 is 0 Å². The van der Waals surface area contributed by atoms with E-state index in [1.807, 2.05) is 30.0 Å². The highest BCUT2D eigenvalue weighted by molar-refractivity contribution is 9.10. The van der Waals surface area contributed by atoms with Crippen molar-refractivity contribution < 1.29 is 9.59 Å². The van der Waals surface area contributed by atoms with Crippen LogP contribution < -0.4 is 4.90 Å². The van der Waals surface area contributed by atoms with E-state index in [-0.39, 0.29) is 16.5 Å². The van der Waals surface area contributed by atoms with E-state index in [4.69, 9.17) is 0 Å². The minimum Gasteiger partial charge on any atom is -0.312 e. The van der Waals surface area contributed by atoms with Crippen molar-refractivity contribution in [2.45, 2.75) is 76.5 Å². The Morgan fingerprint density at radius 2 is 1.93 bits per heavy atom. The third kappa shape index (κ3) is 4.64. The van der Waals surface area contributed by atoms with Gasteiger partial charge in [-0.3, -0.25) is 9.59 Å². The zero-order valence-corrected chi connectivity index (χ0v) is 18.3. The smallest absolute Gasteiger partial charge is 0.230 e. The van der Waals surface area contributed by atoms with Gasteiger partial charge in [0.2, 0.25) is 5.91 Å². The molecule has 1 fully saturated rings. The largest absolute Gasteiger partial charge is 0.312 e. The van der Waals surface area contributed by atoms with Gasteiger partial charge >= 0.3 is 0 Å². The third-order valence-electron chi connectivity index (χ3n) is 6.33. The molecule has 1 unspecified atom stereocenters. The number of halogens is 1. The van der Waals surface area contributed by atoms with Gasteiger partial charge in [0.05, 0.1) is 4.83 Å². The van der Waals surface area contributed by atoms with Crippen LogP contribution >= 0.6 is 15.9 Å². The molecule has 0 saturated heterocycles. The number of carbonyl (C=O) groups is 2. The van der Waals surface area contributed by atoms with Gasteiger partial charge in [0, 0.05) is 23.7 Å². The van der Waals surface area contributed by atoms with Crippen LogP contribution in [0.4, 0.5) is 5.69 Å². The van der Waals surface area contributed by atoms with Crippen LogP contribution in [0, 0.1) is 11.8 Å². The lowest BCUT2D eigenvalue weighted by atomic mass is 9.79. The number of hydrogen-bond acceptors (Lipinski definition) is 2. The fourth-order valence-corrected chi connectivity index (χ4v) is 4.83. The molecule has 0 bridgehead atoms. The minimum absolute atomic E-state index is 0.127. The molecule has 0 spiro atoms. The average Bonchev–Trinajstić information content (AvgIpc) is 3.14. The first kappa shape index (κ1) is 20.6. The molecular weight excluding hydrogens is 402 g/mol. The van der Waals surface area contributed by atoms with Gasteiger partial charge in [0.15, 0.2) is 5.78 Å². The Bertz CT molecular complexity index is 679. The monoisotopic (exact) mass is 433 g/mol. The standard InChI is InChI=1S/C23H32BrNO2/c1-3-5-6-16-7-9-17(10-8-16)23(27)25-14-13-18-15-19(11-12-21(18)25)22(26)20(24)4-2/h11-12,15-17,20H,3-10,13-14H2,1-2H3. The molecule has 2 aliphatic rings. The summed E-state index contributed by atoms with van der Waals surface area (Å²) in [5.74, 6) is 1.44. The summed E-state index contributed by atoms with van der Waals surface area (Å²) < 4.78 is 0. The van der Waals surface area contributed by atoms with E-state index in [1.54, 1.807) is 0 Å². The van der Waals surface area contributed by atoms with Crippen molar-refractivity contribution in [1.29, 1.82) is 0 Å². The number of Topliss-reactive ketones (excluding diaryl/α,β-unsaturated/α-hetero) is 1. The second-order valence-corrected chi connectivity index (χ2v) is 9.29. The summed E-state index contributed by atoms with van der Waals surface area (Å²) in [4.78, 5) is 27.4. The predicted octanol–water partition coefficient (Wildman–Crippen LogP) is 5.93. The van der Waals surface area contributed by atoms with Crippen LogP contribution in [0.3, 0.4) is 0 Å². The Morgan fingerprint density at radius 1 is 1.19 bits per heavy atom. The van der Waals surface area contributed by atoms with Gasteiger partial charge in [-0.1, -0.05) is 49.0 Å². The van der Waals surface area contributed by atoms with Crippen molar-refractivity contribution in [2.75, 3.05) is 11.4 Å². The molecule has 1 atom stereocenters. The number of carbonyl (C=O) groups excluding carboxylic acids is 2. The van der Waals surface area contributed by atoms with Crippen LogP contribution in [0.25, 0.3) is 0 Å². The first-order valence-electron chi connectivity index (χ1n) is 10.7. The highest BCUT2D eigenvalue weighted by Crippen LogP contribution is 2.36. The van der Waals surface area contributed by atoms with Gasteiger partial charge in [0.25, 0.3) is 0 Å². The maximum atomic E-state index is 13.1. The van der Waals surface area contributed by atoms with Crippen LogP contribution in [0.15, 0.2) is 18.2 Å². The van der Waals surface area contributed by atoms with Crippen molar-refractivity contribution in [1.82, 2.24) is 0 Å². The minimum atomic E-state index is -0.127. The number of unbranched alkanes of at least 4 members (excludes halogenated alkanes) is 1. The van der Waals surface area contributed by atoms with Gasteiger partial charge in [-0.15, -0.1) is 0 Å². The molecule has 1 aliphatic heterocycles. The molecule has 3 rings (SSSR count). The maximum Gasteiger partial charge on any atom is 0.230 e. The Hall–Kier alpha value is -1.16. The van der Waals surface area contributed by atoms with Crippen molar-refractivity contribution in [3.05, 3.63) is 29.3 Å². The summed E-state index contributed by atoms with van der Waals surface area (Å²) in [5.41, 5.74) is 2.91. The topological polar surface area (TPSA) is 37.4 Å². The van der Waals surface area contributed by atoms with Crippen LogP contribution in [0.1, 0.15) is 81.1 Å². The van der Waals surface area contributed by atoms with Gasteiger partial charge in [-0.25, -0.2) is 0 Å². The fraction of sp³-hybridized carbons (Fsp3) is 0.652. The van der Waals surface area contributed by atoms with Crippen molar-refractivity contribution in [2.24, 2.45) is 11.8 Å². The molecule has 0 radical (unpaired) electrons. The molecule has 0 N–H and O–H groups in total. The number of alkyl halides is 1. The molecule has 1 aliphatic carbocycles. The lowest BCUT2D eigenvalue weighted by Gasteiger charge is -2.30. The summed E-state index contributed by atoms with van der Waals surface area (Å²) in [6, 6.07) is 5.87. The number of amides is 1. The SMILES string of the molecule is CCCCC1CCC(C(=O)N2CCc3cc(C(=O)C(Br)CC)ccc32)CC1. The average molecular weight is 434 g/mol. The number of nitrogens with zero attached hydrogens (tertiary/aromatic N) is 1. The zero-order valence-electron chi connectivity index (χ0n) is 16.7. The predicted molar refractivity (Wildman–Crippen MR) is 115 cm³/mol. The second kappa shape index (κ2) is 9.36. The lowest BCUT2D eigenvalue weighted by molar-refractivity contribution is -0.123. The number of fused-ring (bicyclic) bond motifs is 1. The normalized spacial score (nSPS) is 23.1. The van der Waals surface area contributed by atoms with E-state index >= 15 is 0 Å². The van der Waals surface area contributed by atoms with Crippen molar-refractivity contribution in [3.8, 4) is 0 Å². The molecule has 1 heterocycles. The van der Waals surface area contributed by atoms with Gasteiger partial charge in [-0.2, -0.15) is 0 Å². The van der Waals surface area contributed by atoms with Crippen LogP contribution in [0.2, 0.25) is 0 Å². The van der Waals surface area contributed by atoms with Crippen LogP contribution in [-0.4, -0.2) is 23.1 Å². The first-order chi connectivity index (χ1) is 13.0. The Morgan fingerprint density at radius 3 is 2.59 bits per heavy atom. The van der Waals surface area contributed by atoms with Gasteiger partial charge in [0.1, 0.15) is 0 Å². The van der Waals surface area contributed by atoms with Gasteiger partial charge in [-0.05, 0) is 68.2 Å². The first-order valence-corrected chi connectivity index (χ1v) is 11.6. The summed E-state index contributed by atoms with van der Waals surface area (Å²) >= 11 is 3.45. The van der Waals surface area contributed by atoms with Gasteiger partial charge < -0.3 is 4.90 Å².